The van der Waals surface area contributed by atoms with E-state index < -0.39 is 0 Å². The van der Waals surface area contributed by atoms with Crippen LogP contribution in [0.3, 0.4) is 0 Å². The van der Waals surface area contributed by atoms with Crippen LogP contribution < -0.4 is 5.32 Å². The lowest BCUT2D eigenvalue weighted by molar-refractivity contribution is 0.139. The number of ether oxygens (including phenoxy) is 1. The van der Waals surface area contributed by atoms with E-state index in [0.717, 1.165) is 37.2 Å². The first-order valence-corrected chi connectivity index (χ1v) is 9.19. The second-order valence-electron chi connectivity index (χ2n) is 7.25. The number of methoxy groups -OCH3 is 1. The lowest BCUT2D eigenvalue weighted by Crippen LogP contribution is -2.48. The number of likely N-dealkylation sites (tertiary alicyclic amines) is 1. The van der Waals surface area contributed by atoms with Gasteiger partial charge in [0.1, 0.15) is 0 Å². The predicted octanol–water partition coefficient (Wildman–Crippen LogP) is 3.08. The molecular formula is C18H30N4O2. The normalized spacial score (nSPS) is 23.0. The number of carbonyl (C=O) groups excluding carboxylic acids is 1. The number of aromatic nitrogens is 2. The molecule has 134 valence electrons. The number of aryl methyl sites for hydroxylation is 2. The first kappa shape index (κ1) is 17.3. The lowest BCUT2D eigenvalue weighted by atomic mass is 9.99. The molecule has 2 atom stereocenters. The Kier molecular flexibility index (Phi) is 5.43. The Morgan fingerprint density at radius 3 is 2.75 bits per heavy atom. The van der Waals surface area contributed by atoms with E-state index in [-0.39, 0.29) is 18.1 Å². The summed E-state index contributed by atoms with van der Waals surface area (Å²) in [5.41, 5.74) is 3.28. The van der Waals surface area contributed by atoms with Crippen molar-refractivity contribution in [2.45, 2.75) is 64.5 Å². The van der Waals surface area contributed by atoms with Gasteiger partial charge in [0.15, 0.2) is 0 Å². The zero-order valence-corrected chi connectivity index (χ0v) is 15.1. The Morgan fingerprint density at radius 2 is 2.12 bits per heavy atom. The van der Waals surface area contributed by atoms with E-state index in [9.17, 15) is 4.79 Å². The van der Waals surface area contributed by atoms with Gasteiger partial charge in [-0.1, -0.05) is 12.8 Å². The average molecular weight is 334 g/mol. The molecule has 2 aliphatic rings. The highest BCUT2D eigenvalue weighted by Crippen LogP contribution is 2.35. The summed E-state index contributed by atoms with van der Waals surface area (Å²) in [4.78, 5) is 15.1. The molecule has 1 saturated heterocycles. The molecule has 0 radical (unpaired) electrons. The van der Waals surface area contributed by atoms with Crippen LogP contribution >= 0.6 is 0 Å². The summed E-state index contributed by atoms with van der Waals surface area (Å²) in [5.74, 6) is 0.580. The number of rotatable bonds is 5. The van der Waals surface area contributed by atoms with Crippen LogP contribution in [0, 0.1) is 19.8 Å². The molecule has 0 unspecified atom stereocenters. The molecule has 1 aromatic heterocycles. The third-order valence-corrected chi connectivity index (χ3v) is 5.38. The minimum Gasteiger partial charge on any atom is -0.383 e. The Bertz CT molecular complexity index is 548. The van der Waals surface area contributed by atoms with Gasteiger partial charge >= 0.3 is 6.03 Å². The van der Waals surface area contributed by atoms with E-state index in [1.54, 1.807) is 7.11 Å². The van der Waals surface area contributed by atoms with Crippen LogP contribution in [0.4, 0.5) is 4.79 Å². The quantitative estimate of drug-likeness (QED) is 0.869. The monoisotopic (exact) mass is 334 g/mol. The predicted molar refractivity (Wildman–Crippen MR) is 92.9 cm³/mol. The summed E-state index contributed by atoms with van der Waals surface area (Å²) in [6, 6.07) is 0.308. The van der Waals surface area contributed by atoms with Crippen LogP contribution in [-0.2, 0) is 4.74 Å². The van der Waals surface area contributed by atoms with Crippen molar-refractivity contribution in [2.75, 3.05) is 20.3 Å². The largest absolute Gasteiger partial charge is 0.383 e. The summed E-state index contributed by atoms with van der Waals surface area (Å²) < 4.78 is 5.31. The molecule has 3 rings (SSSR count). The van der Waals surface area contributed by atoms with Gasteiger partial charge in [0.25, 0.3) is 0 Å². The molecule has 6 heteroatoms. The van der Waals surface area contributed by atoms with Crippen LogP contribution in [-0.4, -0.2) is 47.4 Å². The number of hydrogen-bond acceptors (Lipinski definition) is 3. The van der Waals surface area contributed by atoms with Crippen LogP contribution in [0.25, 0.3) is 0 Å². The molecule has 1 aromatic rings. The maximum atomic E-state index is 13.0. The summed E-state index contributed by atoms with van der Waals surface area (Å²) in [6.07, 6.45) is 6.80. The van der Waals surface area contributed by atoms with Crippen LogP contribution in [0.5, 0.6) is 0 Å². The van der Waals surface area contributed by atoms with E-state index in [2.05, 4.69) is 15.5 Å². The van der Waals surface area contributed by atoms with Gasteiger partial charge in [-0.2, -0.15) is 5.10 Å². The highest BCUT2D eigenvalue weighted by Gasteiger charge is 2.35. The van der Waals surface area contributed by atoms with Crippen molar-refractivity contribution in [3.8, 4) is 0 Å². The fourth-order valence-corrected chi connectivity index (χ4v) is 3.92. The molecule has 1 aliphatic heterocycles. The highest BCUT2D eigenvalue weighted by molar-refractivity contribution is 5.75. The van der Waals surface area contributed by atoms with Gasteiger partial charge < -0.3 is 15.0 Å². The van der Waals surface area contributed by atoms with E-state index in [1.165, 1.54) is 24.8 Å². The number of H-pyrrole nitrogens is 1. The van der Waals surface area contributed by atoms with E-state index in [4.69, 9.17) is 4.74 Å². The van der Waals surface area contributed by atoms with Crippen LogP contribution in [0.2, 0.25) is 0 Å². The molecule has 2 fully saturated rings. The molecule has 2 amide bonds. The first-order valence-electron chi connectivity index (χ1n) is 9.19. The van der Waals surface area contributed by atoms with Crippen molar-refractivity contribution >= 4 is 6.03 Å². The molecular weight excluding hydrogens is 304 g/mol. The summed E-state index contributed by atoms with van der Waals surface area (Å²) in [6.45, 7) is 5.48. The number of nitrogens with zero attached hydrogens (tertiary/aromatic N) is 2. The molecule has 24 heavy (non-hydrogen) atoms. The second kappa shape index (κ2) is 7.55. The molecule has 2 N–H and O–H groups in total. The Hall–Kier alpha value is -1.56. The highest BCUT2D eigenvalue weighted by atomic mass is 16.5. The third kappa shape index (κ3) is 3.74. The smallest absolute Gasteiger partial charge is 0.318 e. The number of aromatic amines is 1. The maximum Gasteiger partial charge on any atom is 0.318 e. The van der Waals surface area contributed by atoms with Crippen molar-refractivity contribution in [1.82, 2.24) is 20.4 Å². The van der Waals surface area contributed by atoms with Gasteiger partial charge in [0.2, 0.25) is 0 Å². The number of nitrogens with one attached hydrogen (secondary N) is 2. The van der Waals surface area contributed by atoms with Crippen LogP contribution in [0.1, 0.15) is 61.5 Å². The van der Waals surface area contributed by atoms with Gasteiger partial charge in [-0.15, -0.1) is 0 Å². The molecule has 0 aromatic carbocycles. The number of hydrogen-bond donors (Lipinski definition) is 2. The first-order chi connectivity index (χ1) is 11.6. The zero-order valence-electron chi connectivity index (χ0n) is 15.1. The molecule has 0 spiro atoms. The summed E-state index contributed by atoms with van der Waals surface area (Å²) in [7, 11) is 1.70. The minimum atomic E-state index is 0.0517. The SMILES string of the molecule is COC[C@@H](NC(=O)N1CCCCC[C@H]1c1c(C)n[nH]c1C)C1CC1. The fraction of sp³-hybridized carbons (Fsp3) is 0.778. The van der Waals surface area contributed by atoms with E-state index in [1.807, 2.05) is 18.7 Å². The van der Waals surface area contributed by atoms with Crippen molar-refractivity contribution in [3.05, 3.63) is 17.0 Å². The molecule has 0 bridgehead atoms. The van der Waals surface area contributed by atoms with Crippen molar-refractivity contribution in [3.63, 3.8) is 0 Å². The van der Waals surface area contributed by atoms with Crippen molar-refractivity contribution in [2.24, 2.45) is 5.92 Å². The van der Waals surface area contributed by atoms with Gasteiger partial charge in [0, 0.05) is 24.9 Å². The average Bonchev–Trinajstić information content (AvgIpc) is 3.36. The van der Waals surface area contributed by atoms with Gasteiger partial charge in [-0.05, 0) is 45.4 Å². The molecule has 6 nitrogen and oxygen atoms in total. The van der Waals surface area contributed by atoms with Gasteiger partial charge in [-0.25, -0.2) is 4.79 Å². The lowest BCUT2D eigenvalue weighted by Gasteiger charge is -2.32. The van der Waals surface area contributed by atoms with E-state index in [0.29, 0.717) is 12.5 Å². The van der Waals surface area contributed by atoms with E-state index >= 15 is 0 Å². The van der Waals surface area contributed by atoms with Gasteiger partial charge in [-0.3, -0.25) is 5.10 Å². The Balaban J connectivity index is 1.77. The topological polar surface area (TPSA) is 70.2 Å². The molecule has 2 heterocycles. The van der Waals surface area contributed by atoms with Gasteiger partial charge in [0.05, 0.1) is 24.4 Å². The second-order valence-corrected chi connectivity index (χ2v) is 7.25. The number of amides is 2. The minimum absolute atomic E-state index is 0.0517. The number of urea groups is 1. The summed E-state index contributed by atoms with van der Waals surface area (Å²) in [5, 5.41) is 10.7. The standard InChI is InChI=1S/C18H30N4O2/c1-12-17(13(2)21-20-12)16-7-5-4-6-10-22(16)18(23)19-15(11-24-3)14-8-9-14/h14-16H,4-11H2,1-3H3,(H,19,23)(H,20,21)/t15-,16+/m1/s1. The number of carbonyl (C=O) groups is 1. The van der Waals surface area contributed by atoms with Crippen molar-refractivity contribution < 1.29 is 9.53 Å². The molecule has 1 aliphatic carbocycles. The summed E-state index contributed by atoms with van der Waals surface area (Å²) >= 11 is 0. The van der Waals surface area contributed by atoms with Crippen LogP contribution in [0.15, 0.2) is 0 Å². The molecule has 1 saturated carbocycles. The van der Waals surface area contributed by atoms with Crippen molar-refractivity contribution in [1.29, 1.82) is 0 Å². The fourth-order valence-electron chi connectivity index (χ4n) is 3.92. The Labute approximate surface area is 144 Å². The third-order valence-electron chi connectivity index (χ3n) is 5.38. The zero-order chi connectivity index (χ0) is 17.1. The maximum absolute atomic E-state index is 13.0. The Morgan fingerprint density at radius 1 is 1.33 bits per heavy atom.